The van der Waals surface area contributed by atoms with E-state index in [2.05, 4.69) is 0 Å². The van der Waals surface area contributed by atoms with Crippen LogP contribution in [0.25, 0.3) is 0 Å². The fourth-order valence-corrected chi connectivity index (χ4v) is 1.30. The smallest absolute Gasteiger partial charge is 1.00 e. The van der Waals surface area contributed by atoms with Gasteiger partial charge in [0.25, 0.3) is 10.1 Å². The van der Waals surface area contributed by atoms with Crippen LogP contribution in [0.5, 0.6) is 0 Å². The number of alkyl halides is 3. The van der Waals surface area contributed by atoms with Gasteiger partial charge in [-0.15, -0.1) is 0 Å². The van der Waals surface area contributed by atoms with E-state index in [0.29, 0.717) is 24.3 Å². The summed E-state index contributed by atoms with van der Waals surface area (Å²) < 4.78 is 95.8. The topological polar surface area (TPSA) is 176 Å². The fraction of sp³-hybridized carbons (Fsp3) is 0.143. The van der Waals surface area contributed by atoms with Gasteiger partial charge >= 0.3 is 47.2 Å². The Kier molecular flexibility index (Phi) is 20.3. The first kappa shape index (κ1) is 33.8. The number of rotatable bonds is 1. The molecule has 1 aromatic rings. The summed E-state index contributed by atoms with van der Waals surface area (Å²) in [5, 5.41) is 41.7. The summed E-state index contributed by atoms with van der Waals surface area (Å²) in [4.78, 5) is -0.564. The molecule has 0 aromatic heterocycles. The minimum atomic E-state index is -4.52. The molecule has 20 heteroatoms. The molecule has 7 N–H and O–H groups in total. The fourth-order valence-electron chi connectivity index (χ4n) is 0.816. The van der Waals surface area contributed by atoms with E-state index in [1.807, 2.05) is 0 Å². The van der Waals surface area contributed by atoms with Gasteiger partial charge in [-0.05, 0) is 24.3 Å². The molecule has 0 fully saturated rings. The van der Waals surface area contributed by atoms with Crippen LogP contribution in [0.1, 0.15) is 6.99 Å². The molecule has 152 valence electrons. The zero-order valence-electron chi connectivity index (χ0n) is 14.2. The Morgan fingerprint density at radius 1 is 0.778 bits per heavy atom. The predicted octanol–water partition coefficient (Wildman–Crippen LogP) is -4.16. The maximum Gasteiger partial charge on any atom is 1.00 e. The first-order chi connectivity index (χ1) is 11.4. The van der Waals surface area contributed by atoms with E-state index in [1.165, 1.54) is 0 Å². The molecule has 0 radical (unpaired) electrons. The summed E-state index contributed by atoms with van der Waals surface area (Å²) in [6.45, 7) is 0. The largest absolute Gasteiger partial charge is 1.00 e. The Balaban J connectivity index is -0.000000105. The Bertz CT molecular complexity index is 558. The molecule has 0 bridgehead atoms. The minimum absolute atomic E-state index is 0. The summed E-state index contributed by atoms with van der Waals surface area (Å²) in [5.41, 5.74) is -0.968. The average Bonchev–Trinajstić information content (AvgIpc) is 2.34. The number of hydrogen-bond acceptors (Lipinski definition) is 8. The Hall–Kier alpha value is -0.738. The average molecular weight is 426 g/mol. The van der Waals surface area contributed by atoms with Crippen LogP contribution in [-0.4, -0.2) is 65.3 Å². The van der Waals surface area contributed by atoms with Crippen LogP contribution in [-0.2, 0) is 16.3 Å². The van der Waals surface area contributed by atoms with Gasteiger partial charge in [-0.2, -0.15) is 21.6 Å². The normalized spacial score (nSPS) is 9.67. The third kappa shape index (κ3) is 30.2. The van der Waals surface area contributed by atoms with Crippen LogP contribution >= 0.6 is 0 Å². The van der Waals surface area contributed by atoms with Crippen molar-refractivity contribution in [2.45, 2.75) is 11.1 Å². The molecule has 0 aliphatic rings. The molecule has 9 nitrogen and oxygen atoms in total. The molecule has 0 aliphatic heterocycles. The first-order valence-corrected chi connectivity index (χ1v) is 7.00. The van der Waals surface area contributed by atoms with Crippen LogP contribution in [0.3, 0.4) is 0 Å². The summed E-state index contributed by atoms with van der Waals surface area (Å²) in [6, 6.07) is 2.56. The quantitative estimate of drug-likeness (QED) is 0.134. The van der Waals surface area contributed by atoms with Crippen molar-refractivity contribution < 1.29 is 89.5 Å². The molecule has 1 rings (SSSR count). The van der Waals surface area contributed by atoms with Gasteiger partial charge < -0.3 is 31.6 Å². The van der Waals surface area contributed by atoms with E-state index in [0.717, 1.165) is 0 Å². The Labute approximate surface area is 163 Å². The van der Waals surface area contributed by atoms with E-state index >= 15 is 0 Å². The second-order valence-electron chi connectivity index (χ2n) is 3.43. The molecule has 0 saturated carbocycles. The molecule has 0 heterocycles. The van der Waals surface area contributed by atoms with E-state index in [9.17, 15) is 34.5 Å². The van der Waals surface area contributed by atoms with Crippen molar-refractivity contribution in [2.75, 3.05) is 0 Å². The predicted molar refractivity (Wildman–Crippen MR) is 76.3 cm³/mol. The Morgan fingerprint density at radius 2 is 1.00 bits per heavy atom. The third-order valence-electron chi connectivity index (χ3n) is 1.48. The number of benzene rings is 1. The van der Waals surface area contributed by atoms with Crippen molar-refractivity contribution >= 4 is 32.3 Å². The number of halogens is 6. The zero-order valence-corrected chi connectivity index (χ0v) is 14.0. The monoisotopic (exact) mass is 426 g/mol. The van der Waals surface area contributed by atoms with Crippen LogP contribution in [0.2, 0.25) is 0 Å². The van der Waals surface area contributed by atoms with Gasteiger partial charge in [0.15, 0.2) is 0 Å². The van der Waals surface area contributed by atoms with Gasteiger partial charge in [0.05, 0.1) is 10.5 Å². The maximum atomic E-state index is 12.0. The van der Waals surface area contributed by atoms with E-state index in [-0.39, 0.29) is 20.3 Å². The summed E-state index contributed by atoms with van der Waals surface area (Å²) in [7, 11) is -12.4. The molecule has 0 amide bonds. The second-order valence-corrected chi connectivity index (χ2v) is 4.85. The summed E-state index contributed by atoms with van der Waals surface area (Å²) >= 11 is 0. The van der Waals surface area contributed by atoms with Crippen molar-refractivity contribution in [1.29, 1.82) is 0 Å². The second kappa shape index (κ2) is 16.2. The van der Waals surface area contributed by atoms with Crippen molar-refractivity contribution in [3.8, 4) is 0 Å². The minimum Gasteiger partial charge on any atom is -1.00 e. The first-order valence-electron chi connectivity index (χ1n) is 5.56. The maximum absolute atomic E-state index is 12.0. The number of hydrogen-bond donors (Lipinski definition) is 7. The molecule has 0 aliphatic carbocycles. The van der Waals surface area contributed by atoms with Crippen LogP contribution in [0.4, 0.5) is 26.1 Å². The molecule has 0 saturated heterocycles. The third-order valence-corrected chi connectivity index (χ3v) is 2.35. The Morgan fingerprint density at radius 3 is 1.15 bits per heavy atom. The van der Waals surface area contributed by atoms with Crippen molar-refractivity contribution in [1.82, 2.24) is 0 Å². The van der Waals surface area contributed by atoms with Crippen molar-refractivity contribution in [3.05, 3.63) is 29.8 Å². The van der Waals surface area contributed by atoms with E-state index < -0.39 is 48.9 Å². The molecule has 27 heavy (non-hydrogen) atoms. The van der Waals surface area contributed by atoms with Crippen LogP contribution < -0.4 is 18.9 Å². The van der Waals surface area contributed by atoms with Crippen molar-refractivity contribution in [2.24, 2.45) is 0 Å². The van der Waals surface area contributed by atoms with E-state index in [1.54, 1.807) is 0 Å². The molecule has 1 aromatic carbocycles. The zero-order chi connectivity index (χ0) is 21.7. The standard InChI is InChI=1S/C7H5F3O3S.3BFH2O2.Li.H/c8-7(9,10)5-1-3-6(4-2-5)14(11,12)13;3*2-1(3)4;;/h1-4H,(H,11,12,13);3*3-4H;;/q;;;;+1;-1. The SMILES string of the molecule is O=S(=O)(O)c1ccc(C(F)(F)F)cc1.OB(O)F.OB(O)F.OB(O)F.[H-].[Li+]. The molecule has 0 unspecified atom stereocenters. The van der Waals surface area contributed by atoms with Gasteiger partial charge in [-0.3, -0.25) is 17.5 Å². The van der Waals surface area contributed by atoms with Gasteiger partial charge in [0.1, 0.15) is 0 Å². The van der Waals surface area contributed by atoms with E-state index in [4.69, 9.17) is 34.7 Å². The molecule has 0 spiro atoms. The molecule has 0 atom stereocenters. The van der Waals surface area contributed by atoms with Gasteiger partial charge in [-0.1, -0.05) is 0 Å². The molecular weight excluding hydrogens is 414 g/mol. The molecular formula is C7H12B3F6LiO9S. The van der Waals surface area contributed by atoms with Crippen LogP contribution in [0.15, 0.2) is 29.2 Å². The van der Waals surface area contributed by atoms with Crippen LogP contribution in [0, 0.1) is 0 Å². The summed E-state index contributed by atoms with van der Waals surface area (Å²) in [5.74, 6) is 0. The van der Waals surface area contributed by atoms with Gasteiger partial charge in [-0.25, -0.2) is 0 Å². The van der Waals surface area contributed by atoms with Crippen molar-refractivity contribution in [3.63, 3.8) is 0 Å². The van der Waals surface area contributed by atoms with Gasteiger partial charge in [0, 0.05) is 0 Å². The van der Waals surface area contributed by atoms with Gasteiger partial charge in [0.2, 0.25) is 0 Å². The summed E-state index contributed by atoms with van der Waals surface area (Å²) in [6.07, 6.45) is -4.52.